The normalized spacial score (nSPS) is 15.8. The first-order valence-electron chi connectivity index (χ1n) is 9.45. The maximum atomic E-state index is 12.7. The van der Waals surface area contributed by atoms with E-state index < -0.39 is 0 Å². The van der Waals surface area contributed by atoms with Crippen molar-refractivity contribution < 1.29 is 9.59 Å². The predicted molar refractivity (Wildman–Crippen MR) is 111 cm³/mol. The molecule has 2 aromatic carbocycles. The summed E-state index contributed by atoms with van der Waals surface area (Å²) in [7, 11) is 0. The topological polar surface area (TPSA) is 77.0 Å². The molecule has 4 rings (SSSR count). The van der Waals surface area contributed by atoms with E-state index in [-0.39, 0.29) is 24.2 Å². The number of hydrogen-bond acceptors (Lipinski definition) is 5. The first-order valence-corrected chi connectivity index (χ1v) is 9.45. The van der Waals surface area contributed by atoms with Crippen LogP contribution in [0.25, 0.3) is 0 Å². The summed E-state index contributed by atoms with van der Waals surface area (Å²) in [5, 5.41) is 4.25. The molecule has 2 N–H and O–H groups in total. The number of carbonyl (C=O) groups excluding carboxylic acids is 2. The van der Waals surface area contributed by atoms with Crippen molar-refractivity contribution in [2.45, 2.75) is 20.3 Å². The minimum Gasteiger partial charge on any atom is -0.371 e. The summed E-state index contributed by atoms with van der Waals surface area (Å²) in [4.78, 5) is 31.3. The molecule has 0 saturated heterocycles. The van der Waals surface area contributed by atoms with Crippen LogP contribution in [-0.2, 0) is 16.0 Å². The third kappa shape index (κ3) is 3.43. The molecule has 144 valence electrons. The molecule has 7 nitrogen and oxygen atoms in total. The maximum absolute atomic E-state index is 12.7. The van der Waals surface area contributed by atoms with Gasteiger partial charge in [-0.15, -0.1) is 0 Å². The number of nitrogens with zero attached hydrogens (tertiary/aromatic N) is 3. The molecule has 2 aliphatic rings. The molecule has 0 aromatic heterocycles. The van der Waals surface area contributed by atoms with Crippen LogP contribution in [-0.4, -0.2) is 37.3 Å². The number of rotatable bonds is 4. The Hall–Kier alpha value is -3.35. The van der Waals surface area contributed by atoms with Crippen LogP contribution in [0.5, 0.6) is 0 Å². The number of aliphatic imine (C=N–C) groups is 1. The fourth-order valence-electron chi connectivity index (χ4n) is 3.49. The van der Waals surface area contributed by atoms with Crippen molar-refractivity contribution >= 4 is 34.7 Å². The Morgan fingerprint density at radius 3 is 2.75 bits per heavy atom. The lowest BCUT2D eigenvalue weighted by molar-refractivity contribution is -0.118. The van der Waals surface area contributed by atoms with Gasteiger partial charge in [0.1, 0.15) is 6.54 Å². The van der Waals surface area contributed by atoms with Gasteiger partial charge in [-0.1, -0.05) is 23.8 Å². The van der Waals surface area contributed by atoms with Gasteiger partial charge in [-0.05, 0) is 50.1 Å². The number of carbonyl (C=O) groups is 2. The number of amidine groups is 1. The zero-order chi connectivity index (χ0) is 19.7. The van der Waals surface area contributed by atoms with Gasteiger partial charge in [0.2, 0.25) is 5.84 Å². The Labute approximate surface area is 164 Å². The SMILES string of the molecule is CCN1CCc2ccc(NC(=O)C3=NCC(=O)N(c4ccc(C)cc4)N3)cc21. The summed E-state index contributed by atoms with van der Waals surface area (Å²) in [6.45, 7) is 5.97. The second kappa shape index (κ2) is 7.34. The highest BCUT2D eigenvalue weighted by Gasteiger charge is 2.26. The van der Waals surface area contributed by atoms with Crippen molar-refractivity contribution in [2.75, 3.05) is 34.9 Å². The lowest BCUT2D eigenvalue weighted by Gasteiger charge is -2.27. The lowest BCUT2D eigenvalue weighted by atomic mass is 10.1. The molecule has 2 aliphatic heterocycles. The fraction of sp³-hybridized carbons (Fsp3) is 0.286. The zero-order valence-corrected chi connectivity index (χ0v) is 16.0. The Morgan fingerprint density at radius 2 is 2.00 bits per heavy atom. The average Bonchev–Trinajstić information content (AvgIpc) is 3.11. The van der Waals surface area contributed by atoms with Gasteiger partial charge in [-0.3, -0.25) is 20.0 Å². The first-order chi connectivity index (χ1) is 13.5. The van der Waals surface area contributed by atoms with Crippen LogP contribution in [0.1, 0.15) is 18.1 Å². The molecule has 7 heteroatoms. The smallest absolute Gasteiger partial charge is 0.292 e. The van der Waals surface area contributed by atoms with E-state index in [1.54, 1.807) is 0 Å². The van der Waals surface area contributed by atoms with Crippen LogP contribution < -0.4 is 20.7 Å². The summed E-state index contributed by atoms with van der Waals surface area (Å²) in [6.07, 6.45) is 1.03. The van der Waals surface area contributed by atoms with Crippen LogP contribution in [0.4, 0.5) is 17.1 Å². The maximum Gasteiger partial charge on any atom is 0.292 e. The highest BCUT2D eigenvalue weighted by Crippen LogP contribution is 2.30. The molecule has 28 heavy (non-hydrogen) atoms. The minimum atomic E-state index is -0.370. The van der Waals surface area contributed by atoms with Crippen molar-refractivity contribution in [1.29, 1.82) is 0 Å². The second-order valence-corrected chi connectivity index (χ2v) is 6.97. The summed E-state index contributed by atoms with van der Waals surface area (Å²) in [6, 6.07) is 13.5. The number of likely N-dealkylation sites (N-methyl/N-ethyl adjacent to an activating group) is 1. The van der Waals surface area contributed by atoms with Crippen LogP contribution in [0, 0.1) is 6.92 Å². The average molecular weight is 377 g/mol. The summed E-state index contributed by atoms with van der Waals surface area (Å²) >= 11 is 0. The van der Waals surface area contributed by atoms with E-state index in [0.717, 1.165) is 30.8 Å². The number of nitrogens with one attached hydrogen (secondary N) is 2. The van der Waals surface area contributed by atoms with Crippen molar-refractivity contribution in [3.05, 3.63) is 53.6 Å². The quantitative estimate of drug-likeness (QED) is 0.857. The molecule has 0 fully saturated rings. The van der Waals surface area contributed by atoms with E-state index in [9.17, 15) is 9.59 Å². The monoisotopic (exact) mass is 377 g/mol. The number of benzene rings is 2. The molecule has 0 unspecified atom stereocenters. The molecular weight excluding hydrogens is 354 g/mol. The predicted octanol–water partition coefficient (Wildman–Crippen LogP) is 2.27. The number of aryl methyl sites for hydroxylation is 1. The molecule has 0 saturated carbocycles. The Balaban J connectivity index is 1.49. The van der Waals surface area contributed by atoms with Gasteiger partial charge in [0.05, 0.1) is 5.69 Å². The van der Waals surface area contributed by atoms with Crippen LogP contribution >= 0.6 is 0 Å². The van der Waals surface area contributed by atoms with E-state index in [0.29, 0.717) is 11.4 Å². The molecule has 0 spiro atoms. The van der Waals surface area contributed by atoms with Crippen LogP contribution in [0.3, 0.4) is 0 Å². The summed E-state index contributed by atoms with van der Waals surface area (Å²) in [5.74, 6) is -0.463. The lowest BCUT2D eigenvalue weighted by Crippen LogP contribution is -2.54. The van der Waals surface area contributed by atoms with E-state index in [1.807, 2.05) is 43.3 Å². The third-order valence-corrected chi connectivity index (χ3v) is 5.06. The molecule has 0 aliphatic carbocycles. The van der Waals surface area contributed by atoms with E-state index >= 15 is 0 Å². The number of fused-ring (bicyclic) bond motifs is 1. The Bertz CT molecular complexity index is 952. The van der Waals surface area contributed by atoms with E-state index in [2.05, 4.69) is 33.6 Å². The Kier molecular flexibility index (Phi) is 4.73. The Morgan fingerprint density at radius 1 is 1.21 bits per heavy atom. The molecule has 0 radical (unpaired) electrons. The molecule has 2 heterocycles. The van der Waals surface area contributed by atoms with Gasteiger partial charge in [0.15, 0.2) is 0 Å². The standard InChI is InChI=1S/C21H23N5O2/c1-3-25-11-10-15-6-7-16(12-18(15)25)23-21(28)20-22-13-19(27)26(24-20)17-8-4-14(2)5-9-17/h4-9,12H,3,10-11,13H2,1-2H3,(H,22,24)(H,23,28). The van der Waals surface area contributed by atoms with Gasteiger partial charge in [0.25, 0.3) is 11.8 Å². The summed E-state index contributed by atoms with van der Waals surface area (Å²) < 4.78 is 0. The number of amides is 2. The van der Waals surface area contributed by atoms with Gasteiger partial charge in [0, 0.05) is 24.5 Å². The van der Waals surface area contributed by atoms with Gasteiger partial charge in [-0.2, -0.15) is 0 Å². The number of anilines is 3. The summed E-state index contributed by atoms with van der Waals surface area (Å²) in [5.41, 5.74) is 7.78. The highest BCUT2D eigenvalue weighted by atomic mass is 16.2. The van der Waals surface area contributed by atoms with Crippen molar-refractivity contribution in [3.8, 4) is 0 Å². The highest BCUT2D eigenvalue weighted by molar-refractivity contribution is 6.43. The van der Waals surface area contributed by atoms with Crippen molar-refractivity contribution in [1.82, 2.24) is 5.43 Å². The number of hydrogen-bond donors (Lipinski definition) is 2. The minimum absolute atomic E-state index is 0.0720. The zero-order valence-electron chi connectivity index (χ0n) is 16.0. The molecular formula is C21H23N5O2. The molecule has 2 aromatic rings. The van der Waals surface area contributed by atoms with Crippen LogP contribution in [0.15, 0.2) is 47.5 Å². The number of hydrazine groups is 1. The van der Waals surface area contributed by atoms with E-state index in [1.165, 1.54) is 10.6 Å². The molecule has 0 bridgehead atoms. The first kappa shape index (κ1) is 18.0. The molecule has 2 amide bonds. The van der Waals surface area contributed by atoms with Gasteiger partial charge < -0.3 is 10.2 Å². The van der Waals surface area contributed by atoms with E-state index in [4.69, 9.17) is 0 Å². The van der Waals surface area contributed by atoms with Gasteiger partial charge in [-0.25, -0.2) is 5.01 Å². The molecule has 0 atom stereocenters. The third-order valence-electron chi connectivity index (χ3n) is 5.06. The van der Waals surface area contributed by atoms with Crippen LogP contribution in [0.2, 0.25) is 0 Å². The fourth-order valence-corrected chi connectivity index (χ4v) is 3.49. The second-order valence-electron chi connectivity index (χ2n) is 6.97. The van der Waals surface area contributed by atoms with Crippen molar-refractivity contribution in [2.24, 2.45) is 4.99 Å². The van der Waals surface area contributed by atoms with Gasteiger partial charge >= 0.3 is 0 Å². The largest absolute Gasteiger partial charge is 0.371 e. The van der Waals surface area contributed by atoms with Crippen molar-refractivity contribution in [3.63, 3.8) is 0 Å².